The fourth-order valence-electron chi connectivity index (χ4n) is 2.47. The van der Waals surface area contributed by atoms with Crippen LogP contribution < -0.4 is 5.32 Å². The molecule has 0 aliphatic heterocycles. The highest BCUT2D eigenvalue weighted by atomic mass is 32.2. The molecule has 134 valence electrons. The van der Waals surface area contributed by atoms with Gasteiger partial charge in [0.2, 0.25) is 0 Å². The predicted molar refractivity (Wildman–Crippen MR) is 104 cm³/mol. The van der Waals surface area contributed by atoms with Gasteiger partial charge in [0.25, 0.3) is 5.91 Å². The van der Waals surface area contributed by atoms with E-state index in [1.165, 1.54) is 23.2 Å². The highest BCUT2D eigenvalue weighted by Gasteiger charge is 2.11. The van der Waals surface area contributed by atoms with E-state index < -0.39 is 9.84 Å². The molecule has 0 bridgehead atoms. The number of carbonyl (C=O) groups excluding carboxylic acids is 1. The third-order valence-corrected chi connectivity index (χ3v) is 5.41. The maximum Gasteiger partial charge on any atom is 0.257 e. The Morgan fingerprint density at radius 1 is 1.04 bits per heavy atom. The minimum atomic E-state index is -3.09. The van der Waals surface area contributed by atoms with Crippen LogP contribution in [0.25, 0.3) is 0 Å². The van der Waals surface area contributed by atoms with Gasteiger partial charge in [-0.3, -0.25) is 10.1 Å². The largest absolute Gasteiger partial charge is 0.298 e. The van der Waals surface area contributed by atoms with Crippen LogP contribution in [0.1, 0.15) is 26.4 Å². The summed E-state index contributed by atoms with van der Waals surface area (Å²) in [5.74, 6) is -0.305. The quantitative estimate of drug-likeness (QED) is 0.703. The highest BCUT2D eigenvalue weighted by molar-refractivity contribution is 7.89. The summed E-state index contributed by atoms with van der Waals surface area (Å²) in [6.45, 7) is 0. The zero-order valence-corrected chi connectivity index (χ0v) is 15.8. The minimum Gasteiger partial charge on any atom is -0.298 e. The smallest absolute Gasteiger partial charge is 0.257 e. The van der Waals surface area contributed by atoms with E-state index in [0.29, 0.717) is 16.3 Å². The van der Waals surface area contributed by atoms with E-state index in [2.05, 4.69) is 22.4 Å². The first-order valence-electron chi connectivity index (χ1n) is 7.96. The first-order valence-corrected chi connectivity index (χ1v) is 10.8. The van der Waals surface area contributed by atoms with Gasteiger partial charge in [0.05, 0.1) is 5.75 Å². The third kappa shape index (κ3) is 5.24. The summed E-state index contributed by atoms with van der Waals surface area (Å²) >= 11 is 1.44. The molecule has 0 saturated carbocycles. The Bertz CT molecular complexity index is 995. The number of aromatic nitrogens is 1. The maximum atomic E-state index is 12.3. The van der Waals surface area contributed by atoms with Gasteiger partial charge in [0.1, 0.15) is 0 Å². The summed E-state index contributed by atoms with van der Waals surface area (Å²) in [5, 5.41) is 3.33. The Balaban J connectivity index is 1.63. The molecule has 1 heterocycles. The topological polar surface area (TPSA) is 76.1 Å². The van der Waals surface area contributed by atoms with E-state index in [-0.39, 0.29) is 11.7 Å². The van der Waals surface area contributed by atoms with Gasteiger partial charge in [-0.1, -0.05) is 42.5 Å². The summed E-state index contributed by atoms with van der Waals surface area (Å²) in [7, 11) is -3.09. The number of rotatable bonds is 6. The molecule has 2 aromatic carbocycles. The van der Waals surface area contributed by atoms with Crippen molar-refractivity contribution in [3.05, 3.63) is 82.4 Å². The normalized spacial score (nSPS) is 11.3. The summed E-state index contributed by atoms with van der Waals surface area (Å²) in [4.78, 5) is 17.6. The lowest BCUT2D eigenvalue weighted by Crippen LogP contribution is -2.11. The van der Waals surface area contributed by atoms with E-state index in [1.807, 2.05) is 18.2 Å². The molecule has 0 atom stereocenters. The molecule has 5 nitrogen and oxygen atoms in total. The molecule has 0 aliphatic rings. The second-order valence-corrected chi connectivity index (χ2v) is 9.27. The van der Waals surface area contributed by atoms with Crippen LogP contribution in [-0.4, -0.2) is 25.6 Å². The van der Waals surface area contributed by atoms with Gasteiger partial charge in [-0.05, 0) is 23.3 Å². The van der Waals surface area contributed by atoms with Gasteiger partial charge in [-0.15, -0.1) is 11.3 Å². The molecule has 0 spiro atoms. The van der Waals surface area contributed by atoms with Crippen molar-refractivity contribution in [1.29, 1.82) is 0 Å². The predicted octanol–water partition coefficient (Wildman–Crippen LogP) is 3.53. The standard InChI is InChI=1S/C19H18N2O3S2/c1-26(23,24)13-15-7-9-16(10-8-15)18(22)21-19-20-12-17(25-19)11-14-5-3-2-4-6-14/h2-10,12H,11,13H2,1H3,(H,20,21,22). The number of sulfone groups is 1. The second-order valence-electron chi connectivity index (χ2n) is 6.02. The first kappa shape index (κ1) is 18.3. The zero-order chi connectivity index (χ0) is 18.6. The molecule has 0 fully saturated rings. The average Bonchev–Trinajstić information content (AvgIpc) is 3.02. The Labute approximate surface area is 156 Å². The number of hydrogen-bond acceptors (Lipinski definition) is 5. The molecule has 0 unspecified atom stereocenters. The van der Waals surface area contributed by atoms with E-state index in [9.17, 15) is 13.2 Å². The van der Waals surface area contributed by atoms with Gasteiger partial charge in [0.15, 0.2) is 15.0 Å². The van der Waals surface area contributed by atoms with E-state index in [1.54, 1.807) is 30.5 Å². The Morgan fingerprint density at radius 3 is 2.38 bits per heavy atom. The Hall–Kier alpha value is -2.51. The van der Waals surface area contributed by atoms with Crippen LogP contribution in [0.3, 0.4) is 0 Å². The van der Waals surface area contributed by atoms with Gasteiger partial charge in [0, 0.05) is 29.3 Å². The molecule has 0 radical (unpaired) electrons. The van der Waals surface area contributed by atoms with Crippen molar-refractivity contribution in [2.75, 3.05) is 11.6 Å². The molecule has 7 heteroatoms. The van der Waals surface area contributed by atoms with Crippen molar-refractivity contribution >= 4 is 32.2 Å². The number of anilines is 1. The molecule has 26 heavy (non-hydrogen) atoms. The number of carbonyl (C=O) groups is 1. The molecular formula is C19H18N2O3S2. The van der Waals surface area contributed by atoms with Crippen molar-refractivity contribution in [2.24, 2.45) is 0 Å². The highest BCUT2D eigenvalue weighted by Crippen LogP contribution is 2.22. The van der Waals surface area contributed by atoms with Crippen molar-refractivity contribution < 1.29 is 13.2 Å². The SMILES string of the molecule is CS(=O)(=O)Cc1ccc(C(=O)Nc2ncc(Cc3ccccc3)s2)cc1. The van der Waals surface area contributed by atoms with E-state index in [4.69, 9.17) is 0 Å². The van der Waals surface area contributed by atoms with E-state index >= 15 is 0 Å². The van der Waals surface area contributed by atoms with Gasteiger partial charge in [-0.25, -0.2) is 13.4 Å². The molecular weight excluding hydrogens is 368 g/mol. The number of nitrogens with one attached hydrogen (secondary N) is 1. The Kier molecular flexibility index (Phi) is 5.49. The van der Waals surface area contributed by atoms with Crippen LogP contribution in [0.15, 0.2) is 60.8 Å². The van der Waals surface area contributed by atoms with Crippen molar-refractivity contribution in [2.45, 2.75) is 12.2 Å². The first-order chi connectivity index (χ1) is 12.4. The summed E-state index contributed by atoms with van der Waals surface area (Å²) in [6.07, 6.45) is 3.72. The van der Waals surface area contributed by atoms with Crippen LogP contribution in [0, 0.1) is 0 Å². The van der Waals surface area contributed by atoms with Gasteiger partial charge in [-0.2, -0.15) is 0 Å². The number of benzene rings is 2. The second kappa shape index (κ2) is 7.80. The summed E-state index contributed by atoms with van der Waals surface area (Å²) in [6, 6.07) is 16.6. The van der Waals surface area contributed by atoms with Gasteiger partial charge < -0.3 is 0 Å². The van der Waals surface area contributed by atoms with Crippen LogP contribution in [0.2, 0.25) is 0 Å². The lowest BCUT2D eigenvalue weighted by Gasteiger charge is -2.03. The van der Waals surface area contributed by atoms with Crippen LogP contribution in [-0.2, 0) is 22.0 Å². The molecule has 0 saturated heterocycles. The van der Waals surface area contributed by atoms with Crippen LogP contribution >= 0.6 is 11.3 Å². The lowest BCUT2D eigenvalue weighted by molar-refractivity contribution is 0.102. The minimum absolute atomic E-state index is 0.0375. The fraction of sp³-hybridized carbons (Fsp3) is 0.158. The Morgan fingerprint density at radius 2 is 1.73 bits per heavy atom. The molecule has 3 rings (SSSR count). The van der Waals surface area contributed by atoms with Crippen molar-refractivity contribution in [3.8, 4) is 0 Å². The molecule has 1 amide bonds. The van der Waals surface area contributed by atoms with Crippen LogP contribution in [0.4, 0.5) is 5.13 Å². The zero-order valence-electron chi connectivity index (χ0n) is 14.2. The maximum absolute atomic E-state index is 12.3. The number of amides is 1. The van der Waals surface area contributed by atoms with Crippen molar-refractivity contribution in [3.63, 3.8) is 0 Å². The monoisotopic (exact) mass is 386 g/mol. The number of thiazole rings is 1. The number of hydrogen-bond donors (Lipinski definition) is 1. The molecule has 3 aromatic rings. The lowest BCUT2D eigenvalue weighted by atomic mass is 10.1. The molecule has 0 aliphatic carbocycles. The number of nitrogens with zero attached hydrogens (tertiary/aromatic N) is 1. The van der Waals surface area contributed by atoms with Crippen molar-refractivity contribution in [1.82, 2.24) is 4.98 Å². The fourth-order valence-corrected chi connectivity index (χ4v) is 4.11. The van der Waals surface area contributed by atoms with E-state index in [0.717, 1.165) is 11.3 Å². The summed E-state index contributed by atoms with van der Waals surface area (Å²) < 4.78 is 22.6. The van der Waals surface area contributed by atoms with Crippen LogP contribution in [0.5, 0.6) is 0 Å². The van der Waals surface area contributed by atoms with Gasteiger partial charge >= 0.3 is 0 Å². The molecule has 1 N–H and O–H groups in total. The third-order valence-electron chi connectivity index (χ3n) is 3.64. The average molecular weight is 386 g/mol. The summed E-state index contributed by atoms with van der Waals surface area (Å²) in [5.41, 5.74) is 2.31. The molecule has 1 aromatic heterocycles.